The van der Waals surface area contributed by atoms with E-state index in [4.69, 9.17) is 0 Å². The minimum atomic E-state index is -4.27. The van der Waals surface area contributed by atoms with Crippen LogP contribution in [0.1, 0.15) is 40.2 Å². The van der Waals surface area contributed by atoms with Gasteiger partial charge in [-0.1, -0.05) is 78.4 Å². The molecule has 216 valence electrons. The summed E-state index contributed by atoms with van der Waals surface area (Å²) in [6, 6.07) is 45.5. The lowest BCUT2D eigenvalue weighted by Gasteiger charge is -2.30. The number of nitriles is 1. The van der Waals surface area contributed by atoms with Crippen molar-refractivity contribution in [1.29, 1.82) is 5.26 Å². The Morgan fingerprint density at radius 1 is 0.767 bits per heavy atom. The highest BCUT2D eigenvalue weighted by molar-refractivity contribution is 7.95. The third-order valence-electron chi connectivity index (χ3n) is 8.28. The highest BCUT2D eigenvalue weighted by atomic mass is 32.2. The predicted octanol–water partition coefficient (Wildman–Crippen LogP) is 6.65. The maximum Gasteiger partial charge on any atom is 0.124 e. The molecule has 6 heteroatoms. The Bertz CT molecular complexity index is 1810. The predicted molar refractivity (Wildman–Crippen MR) is 176 cm³/mol. The van der Waals surface area contributed by atoms with Gasteiger partial charge < -0.3 is 4.55 Å². The van der Waals surface area contributed by atoms with E-state index >= 15 is 0 Å². The first kappa shape index (κ1) is 30.4. The van der Waals surface area contributed by atoms with Gasteiger partial charge in [-0.2, -0.15) is 5.26 Å². The molecule has 43 heavy (non-hydrogen) atoms. The fourth-order valence-electron chi connectivity index (χ4n) is 5.91. The van der Waals surface area contributed by atoms with Gasteiger partial charge in [0.2, 0.25) is 0 Å². The number of fused-ring (bicyclic) bond motifs is 1. The van der Waals surface area contributed by atoms with Crippen molar-refractivity contribution in [2.75, 3.05) is 6.66 Å². The third kappa shape index (κ3) is 6.79. The van der Waals surface area contributed by atoms with Gasteiger partial charge in [-0.15, -0.1) is 0 Å². The van der Waals surface area contributed by atoms with E-state index < -0.39 is 17.4 Å². The van der Waals surface area contributed by atoms with Crippen molar-refractivity contribution < 1.29 is 13.0 Å². The van der Waals surface area contributed by atoms with Crippen LogP contribution in [0.2, 0.25) is 0 Å². The summed E-state index contributed by atoms with van der Waals surface area (Å²) in [5, 5.41) is 13.6. The lowest BCUT2D eigenvalue weighted by atomic mass is 9.80. The first-order chi connectivity index (χ1) is 20.7. The first-order valence-electron chi connectivity index (χ1n) is 14.3. The normalized spacial score (nSPS) is 14.5. The zero-order valence-corrected chi connectivity index (χ0v) is 26.1. The van der Waals surface area contributed by atoms with Gasteiger partial charge in [-0.25, -0.2) is 8.42 Å². The van der Waals surface area contributed by atoms with Gasteiger partial charge in [-0.3, -0.25) is 0 Å². The number of benzene rings is 5. The van der Waals surface area contributed by atoms with Crippen molar-refractivity contribution >= 4 is 33.3 Å². The molecule has 1 atom stereocenters. The molecule has 0 bridgehead atoms. The third-order valence-corrected chi connectivity index (χ3v) is 13.2. The SMILES string of the molecule is C[P+](c1ccccc1)(c1ccccc1)c1ccccc1C1CCc2cc(C#N)ccc2C1.Cc1ccc(S(=O)(=O)[O-])cc1. The zero-order chi connectivity index (χ0) is 30.5. The van der Waals surface area contributed by atoms with Gasteiger partial charge in [0.15, 0.2) is 0 Å². The molecular weight excluding hydrogens is 569 g/mol. The number of nitrogens with zero attached hydrogens (tertiary/aromatic N) is 1. The van der Waals surface area contributed by atoms with Crippen LogP contribution >= 0.6 is 7.26 Å². The Morgan fingerprint density at radius 3 is 1.93 bits per heavy atom. The van der Waals surface area contributed by atoms with Crippen molar-refractivity contribution in [3.8, 4) is 6.07 Å². The Kier molecular flexibility index (Phi) is 9.23. The molecule has 0 saturated carbocycles. The van der Waals surface area contributed by atoms with E-state index in [1.54, 1.807) is 12.1 Å². The summed E-state index contributed by atoms with van der Waals surface area (Å²) in [5.41, 5.74) is 5.94. The van der Waals surface area contributed by atoms with Crippen LogP contribution in [0.5, 0.6) is 0 Å². The second kappa shape index (κ2) is 13.1. The van der Waals surface area contributed by atoms with Gasteiger partial charge in [0.05, 0.1) is 23.2 Å². The van der Waals surface area contributed by atoms with E-state index in [-0.39, 0.29) is 4.90 Å². The smallest absolute Gasteiger partial charge is 0.124 e. The monoisotopic (exact) mass is 603 g/mol. The second-order valence-corrected chi connectivity index (χ2v) is 15.9. The summed E-state index contributed by atoms with van der Waals surface area (Å²) in [6.07, 6.45) is 3.21. The average molecular weight is 604 g/mol. The second-order valence-electron chi connectivity index (χ2n) is 11.0. The molecule has 0 radical (unpaired) electrons. The molecule has 0 fully saturated rings. The molecule has 0 aromatic heterocycles. The molecule has 5 aromatic rings. The molecule has 1 aliphatic carbocycles. The van der Waals surface area contributed by atoms with Gasteiger partial charge in [0.1, 0.15) is 33.3 Å². The number of hydrogen-bond donors (Lipinski definition) is 0. The van der Waals surface area contributed by atoms with Crippen LogP contribution in [0, 0.1) is 18.3 Å². The average Bonchev–Trinajstić information content (AvgIpc) is 3.05. The minimum Gasteiger partial charge on any atom is -0.744 e. The van der Waals surface area contributed by atoms with Gasteiger partial charge >= 0.3 is 0 Å². The Hall–Kier alpha value is -4.07. The fraction of sp³-hybridized carbons (Fsp3) is 0.162. The van der Waals surface area contributed by atoms with Crippen molar-refractivity contribution in [2.45, 2.75) is 37.0 Å². The van der Waals surface area contributed by atoms with Crippen LogP contribution < -0.4 is 15.9 Å². The molecular formula is C37H34NO3PS. The Labute approximate surface area is 255 Å². The molecule has 0 heterocycles. The molecule has 5 aromatic carbocycles. The van der Waals surface area contributed by atoms with E-state index in [9.17, 15) is 18.2 Å². The number of hydrogen-bond acceptors (Lipinski definition) is 4. The fourth-order valence-corrected chi connectivity index (χ4v) is 9.93. The maximum atomic E-state index is 10.4. The Balaban J connectivity index is 0.000000283. The number of aryl methyl sites for hydroxylation is 2. The van der Waals surface area contributed by atoms with Crippen LogP contribution in [-0.2, 0) is 23.0 Å². The van der Waals surface area contributed by atoms with Crippen LogP contribution in [0.15, 0.2) is 132 Å². The summed E-state index contributed by atoms with van der Waals surface area (Å²) in [5.74, 6) is 0.499. The van der Waals surface area contributed by atoms with Crippen LogP contribution in [-0.4, -0.2) is 19.6 Å². The molecule has 0 amide bonds. The molecule has 0 aliphatic heterocycles. The van der Waals surface area contributed by atoms with Crippen molar-refractivity contribution in [3.05, 3.63) is 155 Å². The van der Waals surface area contributed by atoms with Crippen molar-refractivity contribution in [2.24, 2.45) is 0 Å². The lowest BCUT2D eigenvalue weighted by molar-refractivity contribution is 0.463. The van der Waals surface area contributed by atoms with E-state index in [1.165, 1.54) is 44.7 Å². The van der Waals surface area contributed by atoms with E-state index in [0.717, 1.165) is 30.4 Å². The van der Waals surface area contributed by atoms with Gasteiger partial charge in [0, 0.05) is 0 Å². The first-order valence-corrected chi connectivity index (χ1v) is 18.0. The van der Waals surface area contributed by atoms with Gasteiger partial charge in [-0.05, 0) is 103 Å². The highest BCUT2D eigenvalue weighted by Crippen LogP contribution is 2.53. The van der Waals surface area contributed by atoms with Gasteiger partial charge in [0.25, 0.3) is 0 Å². The van der Waals surface area contributed by atoms with Crippen molar-refractivity contribution in [1.82, 2.24) is 0 Å². The maximum absolute atomic E-state index is 10.4. The standard InChI is InChI=1S/C30H27NP.C7H8O3S/c1-32(27-10-4-2-5-11-27,28-12-6-3-7-13-28)30-15-9-8-14-29(30)26-19-18-24-20-23(22-31)16-17-25(24)21-26;1-6-2-4-7(5-3-6)11(8,9)10/h2-17,20,26H,18-19,21H2,1H3;2-5H,1H3,(H,8,9,10)/q+1;/p-1. The molecule has 4 nitrogen and oxygen atoms in total. The van der Waals surface area contributed by atoms with E-state index in [1.807, 2.05) is 13.0 Å². The highest BCUT2D eigenvalue weighted by Gasteiger charge is 2.43. The number of rotatable bonds is 5. The van der Waals surface area contributed by atoms with Crippen molar-refractivity contribution in [3.63, 3.8) is 0 Å². The van der Waals surface area contributed by atoms with Crippen LogP contribution in [0.3, 0.4) is 0 Å². The molecule has 1 unspecified atom stereocenters. The van der Waals surface area contributed by atoms with E-state index in [0.29, 0.717) is 5.92 Å². The largest absolute Gasteiger partial charge is 0.744 e. The summed E-state index contributed by atoms with van der Waals surface area (Å²) >= 11 is 0. The molecule has 6 rings (SSSR count). The lowest BCUT2D eigenvalue weighted by Crippen LogP contribution is -2.33. The Morgan fingerprint density at radius 2 is 1.35 bits per heavy atom. The molecule has 0 spiro atoms. The quantitative estimate of drug-likeness (QED) is 0.166. The van der Waals surface area contributed by atoms with Crippen LogP contribution in [0.4, 0.5) is 0 Å². The topological polar surface area (TPSA) is 81.0 Å². The zero-order valence-electron chi connectivity index (χ0n) is 24.4. The molecule has 1 aliphatic rings. The summed E-state index contributed by atoms with van der Waals surface area (Å²) in [7, 11) is -6.04. The molecule has 0 saturated heterocycles. The summed E-state index contributed by atoms with van der Waals surface area (Å²) in [6.45, 7) is 4.30. The van der Waals surface area contributed by atoms with E-state index in [2.05, 4.69) is 110 Å². The summed E-state index contributed by atoms with van der Waals surface area (Å²) in [4.78, 5) is -0.178. The molecule has 0 N–H and O–H groups in total. The van der Waals surface area contributed by atoms with Crippen LogP contribution in [0.25, 0.3) is 0 Å². The summed E-state index contributed by atoms with van der Waals surface area (Å²) < 4.78 is 31.2. The minimum absolute atomic E-state index is 0.178.